The van der Waals surface area contributed by atoms with Gasteiger partial charge in [0.15, 0.2) is 0 Å². The van der Waals surface area contributed by atoms with E-state index in [2.05, 4.69) is 18.8 Å². The summed E-state index contributed by atoms with van der Waals surface area (Å²) in [5.41, 5.74) is 3.00. The molecule has 2 aromatic rings. The van der Waals surface area contributed by atoms with Gasteiger partial charge in [0.2, 0.25) is 5.78 Å². The minimum Gasteiger partial charge on any atom is -0.872 e. The molecule has 188 valence electrons. The van der Waals surface area contributed by atoms with Crippen LogP contribution in [0.1, 0.15) is 70.7 Å². The fraction of sp³-hybridized carbons (Fsp3) is 0.444. The lowest BCUT2D eigenvalue weighted by Crippen LogP contribution is -3.05. The predicted octanol–water partition coefficient (Wildman–Crippen LogP) is 1.30. The number of nitrogens with zero attached hydrogens (tertiary/aromatic N) is 1. The molecule has 0 saturated carbocycles. The van der Waals surface area contributed by atoms with Crippen LogP contribution in [0.2, 0.25) is 0 Å². The Morgan fingerprint density at radius 3 is 2.34 bits per heavy atom. The predicted molar refractivity (Wildman–Crippen MR) is 131 cm³/mol. The topological polar surface area (TPSA) is 107 Å². The second kappa shape index (κ2) is 10.5. The second-order valence-corrected chi connectivity index (χ2v) is 9.72. The first-order valence-electron chi connectivity index (χ1n) is 11.9. The highest BCUT2D eigenvalue weighted by Gasteiger charge is 2.44. The summed E-state index contributed by atoms with van der Waals surface area (Å²) in [6, 6.07) is 6.94. The molecule has 0 spiro atoms. The third-order valence-electron chi connectivity index (χ3n) is 6.58. The SMILES string of the molecule is COC(=O)c1[nH]c(C)c(C([O-])=C2C(=O)C(=O)N(CCC[NH+](C)C)C2c2ccc(C(C)C)cc2)c1C. The average molecular weight is 482 g/mol. The molecule has 1 aromatic heterocycles. The molecule has 1 saturated heterocycles. The molecule has 1 unspecified atom stereocenters. The minimum absolute atomic E-state index is 0.0777. The maximum Gasteiger partial charge on any atom is 0.354 e. The van der Waals surface area contributed by atoms with E-state index in [1.54, 1.807) is 13.8 Å². The summed E-state index contributed by atoms with van der Waals surface area (Å²) in [7, 11) is 5.31. The number of hydrogen-bond acceptors (Lipinski definition) is 5. The molecule has 3 rings (SSSR count). The number of ketones is 1. The Morgan fingerprint density at radius 2 is 1.80 bits per heavy atom. The summed E-state index contributed by atoms with van der Waals surface area (Å²) in [5, 5.41) is 13.8. The first-order chi connectivity index (χ1) is 16.5. The first-order valence-corrected chi connectivity index (χ1v) is 11.9. The molecule has 1 aliphatic rings. The van der Waals surface area contributed by atoms with E-state index >= 15 is 0 Å². The number of H-pyrrole nitrogens is 1. The van der Waals surface area contributed by atoms with E-state index in [1.165, 1.54) is 16.9 Å². The van der Waals surface area contributed by atoms with E-state index < -0.39 is 29.5 Å². The smallest absolute Gasteiger partial charge is 0.354 e. The Bertz CT molecular complexity index is 1160. The third-order valence-corrected chi connectivity index (χ3v) is 6.58. The standard InChI is InChI=1S/C27H35N3O5/c1-15(2)18-9-11-19(12-10-18)23-21(25(32)26(33)30(23)14-8-13-29(5)6)24(31)20-16(3)22(27(34)35-7)28-17(20)4/h9-12,15,23,28,31H,8,13-14H2,1-7H3. The maximum absolute atomic E-state index is 13.8. The number of nitrogens with one attached hydrogen (secondary N) is 2. The molecular weight excluding hydrogens is 446 g/mol. The number of carbonyl (C=O) groups is 3. The van der Waals surface area contributed by atoms with Gasteiger partial charge in [-0.1, -0.05) is 43.9 Å². The number of quaternary nitrogens is 1. The van der Waals surface area contributed by atoms with Gasteiger partial charge >= 0.3 is 5.97 Å². The van der Waals surface area contributed by atoms with Gasteiger partial charge in [0.1, 0.15) is 5.69 Å². The van der Waals surface area contributed by atoms with Crippen LogP contribution < -0.4 is 10.0 Å². The van der Waals surface area contributed by atoms with Crippen LogP contribution in [0.3, 0.4) is 0 Å². The summed E-state index contributed by atoms with van der Waals surface area (Å²) >= 11 is 0. The first kappa shape index (κ1) is 26.2. The van der Waals surface area contributed by atoms with Gasteiger partial charge in [-0.25, -0.2) is 4.79 Å². The Balaban J connectivity index is 2.17. The highest BCUT2D eigenvalue weighted by atomic mass is 16.5. The van der Waals surface area contributed by atoms with Crippen molar-refractivity contribution in [3.63, 3.8) is 0 Å². The molecule has 0 radical (unpaired) electrons. The lowest BCUT2D eigenvalue weighted by molar-refractivity contribution is -0.858. The average Bonchev–Trinajstić information content (AvgIpc) is 3.25. The van der Waals surface area contributed by atoms with Crippen molar-refractivity contribution in [2.24, 2.45) is 0 Å². The van der Waals surface area contributed by atoms with E-state index in [0.29, 0.717) is 35.7 Å². The summed E-state index contributed by atoms with van der Waals surface area (Å²) < 4.78 is 4.81. The zero-order valence-electron chi connectivity index (χ0n) is 21.6. The quantitative estimate of drug-likeness (QED) is 0.256. The number of aromatic amines is 1. The van der Waals surface area contributed by atoms with Crippen LogP contribution in [-0.4, -0.2) is 61.8 Å². The number of aryl methyl sites for hydroxylation is 1. The lowest BCUT2D eigenvalue weighted by atomic mass is 9.92. The van der Waals surface area contributed by atoms with E-state index in [0.717, 1.165) is 12.1 Å². The number of Topliss-reactive ketones (excluding diaryl/α,β-unsaturated/α-hetero) is 1. The number of esters is 1. The zero-order valence-corrected chi connectivity index (χ0v) is 21.6. The van der Waals surface area contributed by atoms with Crippen LogP contribution in [0.4, 0.5) is 0 Å². The number of likely N-dealkylation sites (tertiary alicyclic amines) is 1. The Kier molecular flexibility index (Phi) is 7.85. The molecule has 0 aliphatic carbocycles. The zero-order chi connectivity index (χ0) is 26.0. The summed E-state index contributed by atoms with van der Waals surface area (Å²) in [5.74, 6) is -2.27. The highest BCUT2D eigenvalue weighted by Crippen LogP contribution is 2.40. The molecule has 35 heavy (non-hydrogen) atoms. The summed E-state index contributed by atoms with van der Waals surface area (Å²) in [6.07, 6.45) is 0.693. The van der Waals surface area contributed by atoms with Crippen molar-refractivity contribution in [3.8, 4) is 0 Å². The van der Waals surface area contributed by atoms with Crippen molar-refractivity contribution in [1.29, 1.82) is 0 Å². The van der Waals surface area contributed by atoms with Crippen LogP contribution in [0, 0.1) is 13.8 Å². The number of methoxy groups -OCH3 is 1. The Labute approximate surface area is 206 Å². The van der Waals surface area contributed by atoms with Crippen LogP contribution in [0.25, 0.3) is 5.76 Å². The summed E-state index contributed by atoms with van der Waals surface area (Å²) in [4.78, 5) is 44.2. The molecule has 0 bridgehead atoms. The number of carbonyl (C=O) groups excluding carboxylic acids is 3. The molecule has 1 atom stereocenters. The number of hydrogen-bond donors (Lipinski definition) is 2. The molecule has 8 heteroatoms. The number of ether oxygens (including phenoxy) is 1. The van der Waals surface area contributed by atoms with Crippen LogP contribution in [-0.2, 0) is 14.3 Å². The van der Waals surface area contributed by atoms with Gasteiger partial charge in [0, 0.05) is 24.2 Å². The molecule has 1 aliphatic heterocycles. The van der Waals surface area contributed by atoms with Crippen LogP contribution in [0.5, 0.6) is 0 Å². The normalized spacial score (nSPS) is 17.6. The van der Waals surface area contributed by atoms with Gasteiger partial charge in [0.05, 0.1) is 33.8 Å². The van der Waals surface area contributed by atoms with Crippen molar-refractivity contribution in [3.05, 3.63) is 63.5 Å². The van der Waals surface area contributed by atoms with Crippen LogP contribution >= 0.6 is 0 Å². The minimum atomic E-state index is -0.787. The van der Waals surface area contributed by atoms with E-state index in [4.69, 9.17) is 4.74 Å². The van der Waals surface area contributed by atoms with E-state index in [-0.39, 0.29) is 16.8 Å². The lowest BCUT2D eigenvalue weighted by Gasteiger charge is -2.28. The number of amides is 1. The van der Waals surface area contributed by atoms with Gasteiger partial charge in [-0.2, -0.15) is 0 Å². The number of benzene rings is 1. The molecule has 1 fully saturated rings. The molecule has 2 heterocycles. The third kappa shape index (κ3) is 5.03. The number of rotatable bonds is 8. The van der Waals surface area contributed by atoms with Gasteiger partial charge in [-0.05, 0) is 42.0 Å². The van der Waals surface area contributed by atoms with Crippen LogP contribution in [0.15, 0.2) is 29.8 Å². The monoisotopic (exact) mass is 481 g/mol. The molecule has 1 aromatic carbocycles. The highest BCUT2D eigenvalue weighted by molar-refractivity contribution is 6.46. The van der Waals surface area contributed by atoms with Gasteiger partial charge in [-0.15, -0.1) is 0 Å². The molecule has 8 nitrogen and oxygen atoms in total. The number of aromatic nitrogens is 1. The van der Waals surface area contributed by atoms with E-state index in [1.807, 2.05) is 38.4 Å². The van der Waals surface area contributed by atoms with Crippen molar-refractivity contribution in [2.45, 2.75) is 46.1 Å². The fourth-order valence-corrected chi connectivity index (χ4v) is 4.65. The van der Waals surface area contributed by atoms with Crippen molar-refractivity contribution in [2.75, 3.05) is 34.3 Å². The molecule has 2 N–H and O–H groups in total. The second-order valence-electron chi connectivity index (χ2n) is 9.72. The fourth-order valence-electron chi connectivity index (χ4n) is 4.65. The summed E-state index contributed by atoms with van der Waals surface area (Å²) in [6.45, 7) is 8.66. The van der Waals surface area contributed by atoms with Gasteiger partial charge in [0.25, 0.3) is 5.91 Å². The van der Waals surface area contributed by atoms with Crippen molar-refractivity contribution < 1.29 is 29.1 Å². The van der Waals surface area contributed by atoms with Crippen molar-refractivity contribution >= 4 is 23.4 Å². The Morgan fingerprint density at radius 1 is 1.17 bits per heavy atom. The van der Waals surface area contributed by atoms with Gasteiger partial charge < -0.3 is 24.6 Å². The maximum atomic E-state index is 13.8. The Hall–Kier alpha value is -3.39. The largest absolute Gasteiger partial charge is 0.872 e. The molecular formula is C27H35N3O5. The van der Waals surface area contributed by atoms with Crippen molar-refractivity contribution in [1.82, 2.24) is 9.88 Å². The molecule has 1 amide bonds. The van der Waals surface area contributed by atoms with Gasteiger partial charge in [-0.3, -0.25) is 9.59 Å². The van der Waals surface area contributed by atoms with E-state index in [9.17, 15) is 19.5 Å².